The molecule has 1 saturated heterocycles. The van der Waals surface area contributed by atoms with Crippen LogP contribution in [0.15, 0.2) is 30.3 Å². The SMILES string of the molecule is COC(=O)[C@@H]1[C@@H]2C(CN1C(=O)[C@@H](C)CCC(=O)OCc1ccccc1)C2(C)C. The van der Waals surface area contributed by atoms with Gasteiger partial charge >= 0.3 is 11.9 Å². The van der Waals surface area contributed by atoms with Crippen molar-refractivity contribution in [2.45, 2.75) is 46.3 Å². The number of methoxy groups -OCH3 is 1. The van der Waals surface area contributed by atoms with E-state index in [1.165, 1.54) is 7.11 Å². The van der Waals surface area contributed by atoms with Crippen molar-refractivity contribution in [3.05, 3.63) is 35.9 Å². The molecule has 0 spiro atoms. The molecule has 1 aromatic rings. The van der Waals surface area contributed by atoms with Crippen LogP contribution in [0.1, 0.15) is 39.2 Å². The lowest BCUT2D eigenvalue weighted by atomic mass is 9.98. The quantitative estimate of drug-likeness (QED) is 0.673. The number of hydrogen-bond donors (Lipinski definition) is 0. The molecule has 1 saturated carbocycles. The first-order valence-electron chi connectivity index (χ1n) is 9.85. The number of likely N-dealkylation sites (tertiary alicyclic amines) is 1. The van der Waals surface area contributed by atoms with Crippen LogP contribution in [0.3, 0.4) is 0 Å². The molecule has 6 heteroatoms. The summed E-state index contributed by atoms with van der Waals surface area (Å²) in [6.07, 6.45) is 0.574. The molecule has 152 valence electrons. The number of carbonyl (C=O) groups is 3. The van der Waals surface area contributed by atoms with Gasteiger partial charge in [0.1, 0.15) is 12.6 Å². The van der Waals surface area contributed by atoms with Crippen LogP contribution in [0.4, 0.5) is 0 Å². The second kappa shape index (κ2) is 7.94. The minimum absolute atomic E-state index is 0.0696. The summed E-state index contributed by atoms with van der Waals surface area (Å²) in [4.78, 5) is 38.8. The summed E-state index contributed by atoms with van der Waals surface area (Å²) in [7, 11) is 1.36. The third-order valence-corrected chi connectivity index (χ3v) is 6.38. The fourth-order valence-electron chi connectivity index (χ4n) is 4.45. The number of fused-ring (bicyclic) bond motifs is 1. The van der Waals surface area contributed by atoms with Gasteiger partial charge in [0.15, 0.2) is 0 Å². The molecule has 1 heterocycles. The van der Waals surface area contributed by atoms with Crippen LogP contribution in [0.2, 0.25) is 0 Å². The summed E-state index contributed by atoms with van der Waals surface area (Å²) < 4.78 is 10.2. The Morgan fingerprint density at radius 1 is 1.21 bits per heavy atom. The molecule has 0 N–H and O–H groups in total. The van der Waals surface area contributed by atoms with E-state index in [9.17, 15) is 14.4 Å². The Labute approximate surface area is 166 Å². The first kappa shape index (κ1) is 20.4. The minimum atomic E-state index is -0.509. The molecule has 1 aromatic carbocycles. The number of benzene rings is 1. The van der Waals surface area contributed by atoms with E-state index >= 15 is 0 Å². The Morgan fingerprint density at radius 3 is 2.54 bits per heavy atom. The Balaban J connectivity index is 1.50. The van der Waals surface area contributed by atoms with Crippen molar-refractivity contribution in [1.29, 1.82) is 0 Å². The minimum Gasteiger partial charge on any atom is -0.467 e. The predicted molar refractivity (Wildman–Crippen MR) is 103 cm³/mol. The number of piperidine rings is 1. The van der Waals surface area contributed by atoms with E-state index in [1.807, 2.05) is 30.3 Å². The van der Waals surface area contributed by atoms with Gasteiger partial charge in [-0.15, -0.1) is 0 Å². The third-order valence-electron chi connectivity index (χ3n) is 6.38. The van der Waals surface area contributed by atoms with E-state index in [2.05, 4.69) is 13.8 Å². The van der Waals surface area contributed by atoms with Gasteiger partial charge in [0, 0.05) is 24.8 Å². The zero-order valence-corrected chi connectivity index (χ0v) is 17.0. The zero-order valence-electron chi connectivity index (χ0n) is 17.0. The van der Waals surface area contributed by atoms with E-state index in [-0.39, 0.29) is 48.1 Å². The normalized spacial score (nSPS) is 25.6. The highest BCUT2D eigenvalue weighted by atomic mass is 16.5. The number of esters is 2. The Hall–Kier alpha value is -2.37. The van der Waals surface area contributed by atoms with Crippen LogP contribution in [0.5, 0.6) is 0 Å². The molecule has 2 fully saturated rings. The molecule has 6 nitrogen and oxygen atoms in total. The smallest absolute Gasteiger partial charge is 0.328 e. The van der Waals surface area contributed by atoms with Crippen molar-refractivity contribution < 1.29 is 23.9 Å². The van der Waals surface area contributed by atoms with Gasteiger partial charge in [-0.1, -0.05) is 51.1 Å². The monoisotopic (exact) mass is 387 g/mol. The van der Waals surface area contributed by atoms with Gasteiger partial charge in [-0.3, -0.25) is 9.59 Å². The highest BCUT2D eigenvalue weighted by molar-refractivity contribution is 5.87. The maximum absolute atomic E-state index is 12.9. The van der Waals surface area contributed by atoms with Crippen LogP contribution in [-0.4, -0.2) is 42.4 Å². The number of nitrogens with zero attached hydrogens (tertiary/aromatic N) is 1. The Morgan fingerprint density at radius 2 is 1.89 bits per heavy atom. The van der Waals surface area contributed by atoms with Gasteiger partial charge < -0.3 is 14.4 Å². The molecule has 2 aliphatic rings. The molecule has 1 amide bonds. The number of amides is 1. The van der Waals surface area contributed by atoms with Gasteiger partial charge in [-0.2, -0.15) is 0 Å². The van der Waals surface area contributed by atoms with Gasteiger partial charge in [-0.05, 0) is 23.3 Å². The van der Waals surface area contributed by atoms with Crippen molar-refractivity contribution in [2.24, 2.45) is 23.2 Å². The lowest BCUT2D eigenvalue weighted by molar-refractivity contribution is -0.154. The maximum atomic E-state index is 12.9. The first-order valence-corrected chi connectivity index (χ1v) is 9.85. The maximum Gasteiger partial charge on any atom is 0.328 e. The van der Waals surface area contributed by atoms with Gasteiger partial charge in [0.05, 0.1) is 7.11 Å². The lowest BCUT2D eigenvalue weighted by Gasteiger charge is -2.31. The summed E-state index contributed by atoms with van der Waals surface area (Å²) in [5.74, 6) is -0.610. The van der Waals surface area contributed by atoms with Crippen LogP contribution < -0.4 is 0 Å². The van der Waals surface area contributed by atoms with E-state index in [0.29, 0.717) is 18.9 Å². The van der Waals surface area contributed by atoms with Crippen molar-refractivity contribution in [3.63, 3.8) is 0 Å². The molecule has 1 aliphatic carbocycles. The highest BCUT2D eigenvalue weighted by Crippen LogP contribution is 2.65. The third kappa shape index (κ3) is 3.91. The highest BCUT2D eigenvalue weighted by Gasteiger charge is 2.69. The van der Waals surface area contributed by atoms with Crippen molar-refractivity contribution in [3.8, 4) is 0 Å². The van der Waals surface area contributed by atoms with Crippen LogP contribution >= 0.6 is 0 Å². The van der Waals surface area contributed by atoms with Gasteiger partial charge in [0.2, 0.25) is 5.91 Å². The molecular weight excluding hydrogens is 358 g/mol. The average molecular weight is 387 g/mol. The molecule has 0 radical (unpaired) electrons. The number of rotatable bonds is 7. The predicted octanol–water partition coefficient (Wildman–Crippen LogP) is 2.80. The zero-order chi connectivity index (χ0) is 20.5. The van der Waals surface area contributed by atoms with E-state index < -0.39 is 6.04 Å². The Bertz CT molecular complexity index is 745. The lowest BCUT2D eigenvalue weighted by Crippen LogP contribution is -2.47. The summed E-state index contributed by atoms with van der Waals surface area (Å²) in [5.41, 5.74) is 1.000. The van der Waals surface area contributed by atoms with Crippen molar-refractivity contribution >= 4 is 17.8 Å². The van der Waals surface area contributed by atoms with Crippen LogP contribution in [-0.2, 0) is 30.5 Å². The summed E-state index contributed by atoms with van der Waals surface area (Å²) in [5, 5.41) is 0. The average Bonchev–Trinajstić information content (AvgIpc) is 3.05. The summed E-state index contributed by atoms with van der Waals surface area (Å²) >= 11 is 0. The largest absolute Gasteiger partial charge is 0.467 e. The summed E-state index contributed by atoms with van der Waals surface area (Å²) in [6.45, 7) is 6.88. The molecule has 4 atom stereocenters. The van der Waals surface area contributed by atoms with Crippen molar-refractivity contribution in [1.82, 2.24) is 4.90 Å². The number of hydrogen-bond acceptors (Lipinski definition) is 5. The topological polar surface area (TPSA) is 72.9 Å². The Kier molecular flexibility index (Phi) is 5.77. The first-order chi connectivity index (χ1) is 13.3. The van der Waals surface area contributed by atoms with Gasteiger partial charge in [-0.25, -0.2) is 4.79 Å². The molecule has 3 rings (SSSR count). The second-order valence-electron chi connectivity index (χ2n) is 8.50. The number of carbonyl (C=O) groups excluding carboxylic acids is 3. The molecule has 28 heavy (non-hydrogen) atoms. The van der Waals surface area contributed by atoms with Crippen LogP contribution in [0.25, 0.3) is 0 Å². The molecule has 0 aromatic heterocycles. The van der Waals surface area contributed by atoms with Crippen molar-refractivity contribution in [2.75, 3.05) is 13.7 Å². The van der Waals surface area contributed by atoms with E-state index in [1.54, 1.807) is 11.8 Å². The molecule has 1 unspecified atom stereocenters. The molecular formula is C22H29NO5. The fourth-order valence-corrected chi connectivity index (χ4v) is 4.45. The standard InChI is InChI=1S/C22H29NO5/c1-14(10-11-17(24)28-13-15-8-6-5-7-9-15)20(25)23-12-16-18(22(16,2)3)19(23)21(26)27-4/h5-9,14,16,18-19H,10-13H2,1-4H3/t14-,16?,18-,19-/m0/s1. The number of ether oxygens (including phenoxy) is 2. The summed E-state index contributed by atoms with van der Waals surface area (Å²) in [6, 6.07) is 8.97. The molecule has 0 bridgehead atoms. The van der Waals surface area contributed by atoms with Gasteiger partial charge in [0.25, 0.3) is 0 Å². The second-order valence-corrected chi connectivity index (χ2v) is 8.50. The van der Waals surface area contributed by atoms with E-state index in [0.717, 1.165) is 5.56 Å². The van der Waals surface area contributed by atoms with Crippen LogP contribution in [0, 0.1) is 23.2 Å². The van der Waals surface area contributed by atoms with E-state index in [4.69, 9.17) is 9.47 Å². The fraction of sp³-hybridized carbons (Fsp3) is 0.591. The molecule has 1 aliphatic heterocycles.